The summed E-state index contributed by atoms with van der Waals surface area (Å²) in [5, 5.41) is 1.17. The van der Waals surface area contributed by atoms with Gasteiger partial charge >= 0.3 is 5.97 Å². The first-order chi connectivity index (χ1) is 13.6. The van der Waals surface area contributed by atoms with Gasteiger partial charge in [0.05, 0.1) is 31.0 Å². The number of nitrogens with zero attached hydrogens (tertiary/aromatic N) is 2. The summed E-state index contributed by atoms with van der Waals surface area (Å²) >= 11 is 2.79. The second-order valence-electron chi connectivity index (χ2n) is 6.46. The van der Waals surface area contributed by atoms with Crippen LogP contribution in [0.4, 0.5) is 0 Å². The molecule has 3 aromatic rings. The maximum absolute atomic E-state index is 13.6. The van der Waals surface area contributed by atoms with E-state index in [1.807, 2.05) is 24.3 Å². The molecule has 0 N–H and O–H groups in total. The minimum Gasteiger partial charge on any atom is -0.495 e. The fraction of sp³-hybridized carbons (Fsp3) is 0.350. The van der Waals surface area contributed by atoms with Crippen molar-refractivity contribution >= 4 is 39.3 Å². The lowest BCUT2D eigenvalue weighted by Crippen LogP contribution is -2.23. The number of esters is 1. The van der Waals surface area contributed by atoms with Gasteiger partial charge in [-0.25, -0.2) is 4.98 Å². The van der Waals surface area contributed by atoms with E-state index in [1.165, 1.54) is 23.7 Å². The molecule has 1 aliphatic rings. The third-order valence-corrected chi connectivity index (χ3v) is 6.93. The Morgan fingerprint density at radius 1 is 1.25 bits per heavy atom. The number of fused-ring (bicyclic) bond motifs is 3. The van der Waals surface area contributed by atoms with Gasteiger partial charge in [-0.15, -0.1) is 11.3 Å². The molecule has 2 heterocycles. The van der Waals surface area contributed by atoms with E-state index in [0.717, 1.165) is 36.1 Å². The van der Waals surface area contributed by atoms with Gasteiger partial charge in [0.25, 0.3) is 5.56 Å². The molecule has 1 aromatic carbocycles. The summed E-state index contributed by atoms with van der Waals surface area (Å²) in [5.74, 6) is 0.292. The average Bonchev–Trinajstić information content (AvgIpc) is 3.10. The molecule has 28 heavy (non-hydrogen) atoms. The van der Waals surface area contributed by atoms with E-state index in [0.29, 0.717) is 22.0 Å². The second kappa shape index (κ2) is 7.97. The van der Waals surface area contributed by atoms with Gasteiger partial charge in [0.15, 0.2) is 5.16 Å². The molecule has 1 aliphatic carbocycles. The lowest BCUT2D eigenvalue weighted by molar-refractivity contribution is -0.137. The van der Waals surface area contributed by atoms with E-state index in [2.05, 4.69) is 0 Å². The predicted octanol–water partition coefficient (Wildman–Crippen LogP) is 3.60. The highest BCUT2D eigenvalue weighted by Gasteiger charge is 2.24. The first kappa shape index (κ1) is 19.0. The number of rotatable bonds is 5. The number of para-hydroxylation sites is 2. The van der Waals surface area contributed by atoms with E-state index >= 15 is 0 Å². The van der Waals surface area contributed by atoms with Crippen LogP contribution in [0.15, 0.2) is 34.2 Å². The van der Waals surface area contributed by atoms with Gasteiger partial charge in [-0.2, -0.15) is 0 Å². The Hall–Kier alpha value is -2.32. The van der Waals surface area contributed by atoms with Gasteiger partial charge in [-0.1, -0.05) is 23.9 Å². The van der Waals surface area contributed by atoms with Crippen LogP contribution in [-0.4, -0.2) is 35.5 Å². The standard InChI is InChI=1S/C20H20N2O4S2/c1-25-14-9-5-4-8-13(14)22-19(24)17-12-7-3-6-10-15(12)28-18(17)21-20(22)27-11-16(23)26-2/h4-5,8-9H,3,6-7,10-11H2,1-2H3. The molecule has 0 saturated heterocycles. The number of thioether (sulfide) groups is 1. The number of benzene rings is 1. The van der Waals surface area contributed by atoms with Gasteiger partial charge < -0.3 is 9.47 Å². The zero-order valence-corrected chi connectivity index (χ0v) is 17.3. The number of aryl methyl sites for hydroxylation is 2. The lowest BCUT2D eigenvalue weighted by atomic mass is 9.97. The summed E-state index contributed by atoms with van der Waals surface area (Å²) in [4.78, 5) is 32.1. The molecule has 2 aromatic heterocycles. The molecule has 0 saturated carbocycles. The molecular formula is C20H20N2O4S2. The molecule has 4 rings (SSSR count). The topological polar surface area (TPSA) is 70.4 Å². The van der Waals surface area contributed by atoms with Crippen molar-refractivity contribution < 1.29 is 14.3 Å². The molecule has 0 unspecified atom stereocenters. The van der Waals surface area contributed by atoms with E-state index < -0.39 is 0 Å². The van der Waals surface area contributed by atoms with Crippen molar-refractivity contribution in [3.8, 4) is 11.4 Å². The number of carbonyl (C=O) groups is 1. The van der Waals surface area contributed by atoms with Crippen LogP contribution in [0.5, 0.6) is 5.75 Å². The maximum Gasteiger partial charge on any atom is 0.316 e. The van der Waals surface area contributed by atoms with Gasteiger partial charge in [-0.05, 0) is 43.4 Å². The van der Waals surface area contributed by atoms with Gasteiger partial charge in [0, 0.05) is 4.88 Å². The number of thiophene rings is 1. The van der Waals surface area contributed by atoms with Crippen molar-refractivity contribution in [2.24, 2.45) is 0 Å². The molecule has 0 aliphatic heterocycles. The molecule has 0 spiro atoms. The molecule has 6 nitrogen and oxygen atoms in total. The highest BCUT2D eigenvalue weighted by atomic mass is 32.2. The van der Waals surface area contributed by atoms with Crippen LogP contribution in [0.2, 0.25) is 0 Å². The van der Waals surface area contributed by atoms with E-state index in [1.54, 1.807) is 23.0 Å². The van der Waals surface area contributed by atoms with Crippen LogP contribution in [0.1, 0.15) is 23.3 Å². The summed E-state index contributed by atoms with van der Waals surface area (Å²) in [6.45, 7) is 0. The van der Waals surface area contributed by atoms with Crippen molar-refractivity contribution in [1.82, 2.24) is 9.55 Å². The van der Waals surface area contributed by atoms with E-state index in [9.17, 15) is 9.59 Å². The quantitative estimate of drug-likeness (QED) is 0.360. The molecule has 0 bridgehead atoms. The van der Waals surface area contributed by atoms with Crippen LogP contribution in [0.25, 0.3) is 15.9 Å². The Morgan fingerprint density at radius 2 is 2.04 bits per heavy atom. The molecule has 0 amide bonds. The predicted molar refractivity (Wildman–Crippen MR) is 111 cm³/mol. The summed E-state index contributed by atoms with van der Waals surface area (Å²) in [6, 6.07) is 7.35. The number of aromatic nitrogens is 2. The Labute approximate surface area is 170 Å². The fourth-order valence-electron chi connectivity index (χ4n) is 3.49. The minimum absolute atomic E-state index is 0.0781. The lowest BCUT2D eigenvalue weighted by Gasteiger charge is -2.15. The molecule has 0 atom stereocenters. The van der Waals surface area contributed by atoms with Crippen LogP contribution in [-0.2, 0) is 22.4 Å². The number of hydrogen-bond donors (Lipinski definition) is 0. The maximum atomic E-state index is 13.6. The first-order valence-electron chi connectivity index (χ1n) is 9.04. The van der Waals surface area contributed by atoms with Crippen LogP contribution in [0, 0.1) is 0 Å². The van der Waals surface area contributed by atoms with Gasteiger partial charge in [0.1, 0.15) is 10.6 Å². The Bertz CT molecular complexity index is 1100. The number of carbonyl (C=O) groups excluding carboxylic acids is 1. The van der Waals surface area contributed by atoms with Crippen molar-refractivity contribution in [2.75, 3.05) is 20.0 Å². The molecule has 146 valence electrons. The Kier molecular flexibility index (Phi) is 5.41. The average molecular weight is 417 g/mol. The van der Waals surface area contributed by atoms with Crippen LogP contribution < -0.4 is 10.3 Å². The van der Waals surface area contributed by atoms with Crippen molar-refractivity contribution in [1.29, 1.82) is 0 Å². The third-order valence-electron chi connectivity index (χ3n) is 4.83. The first-order valence-corrected chi connectivity index (χ1v) is 10.8. The smallest absolute Gasteiger partial charge is 0.316 e. The molecule has 0 fully saturated rings. The SMILES string of the molecule is COC(=O)CSc1nc2sc3c(c2c(=O)n1-c1ccccc1OC)CCCC3. The highest BCUT2D eigenvalue weighted by Crippen LogP contribution is 2.36. The minimum atomic E-state index is -0.364. The van der Waals surface area contributed by atoms with Gasteiger partial charge in [-0.3, -0.25) is 14.2 Å². The summed E-state index contributed by atoms with van der Waals surface area (Å²) in [6.07, 6.45) is 4.14. The largest absolute Gasteiger partial charge is 0.495 e. The zero-order chi connectivity index (χ0) is 19.7. The summed E-state index contributed by atoms with van der Waals surface area (Å²) < 4.78 is 11.8. The van der Waals surface area contributed by atoms with Gasteiger partial charge in [0.2, 0.25) is 0 Å². The van der Waals surface area contributed by atoms with E-state index in [4.69, 9.17) is 14.5 Å². The number of methoxy groups -OCH3 is 2. The van der Waals surface area contributed by atoms with Crippen molar-refractivity contribution in [2.45, 2.75) is 30.8 Å². The Balaban J connectivity index is 1.97. The third kappa shape index (κ3) is 3.31. The normalized spacial score (nSPS) is 13.4. The fourth-order valence-corrected chi connectivity index (χ4v) is 5.63. The zero-order valence-electron chi connectivity index (χ0n) is 15.7. The van der Waals surface area contributed by atoms with Crippen LogP contribution >= 0.6 is 23.1 Å². The van der Waals surface area contributed by atoms with E-state index in [-0.39, 0.29) is 17.3 Å². The molecular weight excluding hydrogens is 396 g/mol. The van der Waals surface area contributed by atoms with Crippen LogP contribution in [0.3, 0.4) is 0 Å². The highest BCUT2D eigenvalue weighted by molar-refractivity contribution is 7.99. The Morgan fingerprint density at radius 3 is 2.82 bits per heavy atom. The van der Waals surface area contributed by atoms with Crippen molar-refractivity contribution in [3.63, 3.8) is 0 Å². The van der Waals surface area contributed by atoms with Crippen molar-refractivity contribution in [3.05, 3.63) is 45.1 Å². The number of hydrogen-bond acceptors (Lipinski definition) is 7. The molecule has 0 radical (unpaired) electrons. The monoisotopic (exact) mass is 416 g/mol. The number of ether oxygens (including phenoxy) is 2. The second-order valence-corrected chi connectivity index (χ2v) is 8.49. The molecule has 8 heteroatoms. The summed E-state index contributed by atoms with van der Waals surface area (Å²) in [7, 11) is 2.92. The summed E-state index contributed by atoms with van der Waals surface area (Å²) in [5.41, 5.74) is 1.64.